The molecule has 160 valence electrons. The highest BCUT2D eigenvalue weighted by molar-refractivity contribution is 7.92. The highest BCUT2D eigenvalue weighted by Crippen LogP contribution is 2.26. The summed E-state index contributed by atoms with van der Waals surface area (Å²) in [6.45, 7) is 3.97. The van der Waals surface area contributed by atoms with Crippen molar-refractivity contribution in [2.75, 3.05) is 23.0 Å². The number of sulfonamides is 1. The lowest BCUT2D eigenvalue weighted by Gasteiger charge is -2.28. The average Bonchev–Trinajstić information content (AvgIpc) is 3.01. The SMILES string of the molecule is CCn1c(=O)sc2cc(NC(=O)[C@H](C)N(c3cccc(OC)c3)S(C)(=O)=O)ccc21. The first kappa shape index (κ1) is 21.8. The fourth-order valence-electron chi connectivity index (χ4n) is 3.25. The van der Waals surface area contributed by atoms with Crippen LogP contribution in [0.15, 0.2) is 47.3 Å². The van der Waals surface area contributed by atoms with E-state index in [4.69, 9.17) is 4.74 Å². The van der Waals surface area contributed by atoms with E-state index in [9.17, 15) is 18.0 Å². The zero-order valence-electron chi connectivity index (χ0n) is 17.1. The lowest BCUT2D eigenvalue weighted by molar-refractivity contribution is -0.116. The molecule has 1 heterocycles. The van der Waals surface area contributed by atoms with Crippen molar-refractivity contribution in [1.82, 2.24) is 4.57 Å². The number of thiazole rings is 1. The molecule has 30 heavy (non-hydrogen) atoms. The van der Waals surface area contributed by atoms with E-state index in [1.807, 2.05) is 6.92 Å². The number of aryl methyl sites for hydroxylation is 1. The maximum absolute atomic E-state index is 12.9. The number of ether oxygens (including phenoxy) is 1. The highest BCUT2D eigenvalue weighted by Gasteiger charge is 2.29. The summed E-state index contributed by atoms with van der Waals surface area (Å²) in [7, 11) is -2.26. The number of aromatic nitrogens is 1. The number of amides is 1. The number of hydrogen-bond acceptors (Lipinski definition) is 6. The Morgan fingerprint density at radius 2 is 2.00 bits per heavy atom. The summed E-state index contributed by atoms with van der Waals surface area (Å²) in [4.78, 5) is 24.8. The quantitative estimate of drug-likeness (QED) is 0.598. The molecule has 0 aliphatic carbocycles. The van der Waals surface area contributed by atoms with Gasteiger partial charge < -0.3 is 10.1 Å². The number of hydrogen-bond donors (Lipinski definition) is 1. The Kier molecular flexibility index (Phi) is 6.18. The van der Waals surface area contributed by atoms with Crippen LogP contribution in [0.1, 0.15) is 13.8 Å². The minimum atomic E-state index is -3.75. The van der Waals surface area contributed by atoms with Gasteiger partial charge in [0.05, 0.1) is 29.3 Å². The third-order valence-electron chi connectivity index (χ3n) is 4.65. The summed E-state index contributed by atoms with van der Waals surface area (Å²) < 4.78 is 33.5. The first-order valence-corrected chi connectivity index (χ1v) is 11.9. The second-order valence-corrected chi connectivity index (χ2v) is 9.57. The van der Waals surface area contributed by atoms with Crippen molar-refractivity contribution in [3.63, 3.8) is 0 Å². The smallest absolute Gasteiger partial charge is 0.308 e. The lowest BCUT2D eigenvalue weighted by atomic mass is 10.2. The van der Waals surface area contributed by atoms with Crippen LogP contribution in [0.5, 0.6) is 5.75 Å². The number of methoxy groups -OCH3 is 1. The minimum absolute atomic E-state index is 0.0642. The molecular weight excluding hydrogens is 426 g/mol. The van der Waals surface area contributed by atoms with Gasteiger partial charge in [-0.05, 0) is 44.2 Å². The second-order valence-electron chi connectivity index (χ2n) is 6.72. The van der Waals surface area contributed by atoms with Crippen LogP contribution in [0.3, 0.4) is 0 Å². The van der Waals surface area contributed by atoms with E-state index in [2.05, 4.69) is 5.32 Å². The van der Waals surface area contributed by atoms with E-state index < -0.39 is 22.0 Å². The number of fused-ring (bicyclic) bond motifs is 1. The van der Waals surface area contributed by atoms with Gasteiger partial charge in [0.1, 0.15) is 11.8 Å². The van der Waals surface area contributed by atoms with Crippen LogP contribution in [0, 0.1) is 0 Å². The minimum Gasteiger partial charge on any atom is -0.497 e. The third-order valence-corrected chi connectivity index (χ3v) is 6.83. The van der Waals surface area contributed by atoms with E-state index in [0.717, 1.165) is 32.1 Å². The molecule has 0 aliphatic heterocycles. The maximum Gasteiger partial charge on any atom is 0.308 e. The molecule has 0 spiro atoms. The van der Waals surface area contributed by atoms with E-state index in [0.29, 0.717) is 23.7 Å². The topological polar surface area (TPSA) is 97.7 Å². The fourth-order valence-corrected chi connectivity index (χ4v) is 5.41. The Morgan fingerprint density at radius 1 is 1.27 bits per heavy atom. The molecule has 0 unspecified atom stereocenters. The average molecular weight is 450 g/mol. The molecule has 3 aromatic rings. The Balaban J connectivity index is 1.90. The molecule has 0 aliphatic rings. The predicted octanol–water partition coefficient (Wildman–Crippen LogP) is 2.88. The molecule has 1 aromatic heterocycles. The van der Waals surface area contributed by atoms with E-state index >= 15 is 0 Å². The summed E-state index contributed by atoms with van der Waals surface area (Å²) in [5, 5.41) is 2.75. The number of anilines is 2. The van der Waals surface area contributed by atoms with Crippen LogP contribution < -0.4 is 19.2 Å². The number of carbonyl (C=O) groups excluding carboxylic acids is 1. The van der Waals surface area contributed by atoms with Crippen molar-refractivity contribution in [3.8, 4) is 5.75 Å². The van der Waals surface area contributed by atoms with Gasteiger partial charge in [0.15, 0.2) is 0 Å². The highest BCUT2D eigenvalue weighted by atomic mass is 32.2. The van der Waals surface area contributed by atoms with Gasteiger partial charge in [0.2, 0.25) is 15.9 Å². The zero-order valence-corrected chi connectivity index (χ0v) is 18.7. The van der Waals surface area contributed by atoms with Crippen molar-refractivity contribution in [1.29, 1.82) is 0 Å². The monoisotopic (exact) mass is 449 g/mol. The van der Waals surface area contributed by atoms with Gasteiger partial charge in [-0.3, -0.25) is 18.5 Å². The molecule has 0 fully saturated rings. The standard InChI is InChI=1S/C20H23N3O5S2/c1-5-22-17-10-9-14(11-18(17)29-20(22)25)21-19(24)13(2)23(30(4,26)27)15-7-6-8-16(12-15)28-3/h6-13H,5H2,1-4H3,(H,21,24)/t13-/m0/s1. The van der Waals surface area contributed by atoms with Crippen molar-refractivity contribution in [2.24, 2.45) is 0 Å². The summed E-state index contributed by atoms with van der Waals surface area (Å²) in [5.74, 6) is -0.0144. The molecular formula is C20H23N3O5S2. The Morgan fingerprint density at radius 3 is 2.63 bits per heavy atom. The molecule has 8 nitrogen and oxygen atoms in total. The first-order chi connectivity index (χ1) is 14.2. The molecule has 0 saturated carbocycles. The summed E-state index contributed by atoms with van der Waals surface area (Å²) >= 11 is 1.10. The van der Waals surface area contributed by atoms with E-state index in [1.54, 1.807) is 47.0 Å². The molecule has 1 atom stereocenters. The van der Waals surface area contributed by atoms with Crippen LogP contribution in [0.25, 0.3) is 10.2 Å². The maximum atomic E-state index is 12.9. The Bertz CT molecular complexity index is 1250. The van der Waals surface area contributed by atoms with E-state index in [1.165, 1.54) is 14.0 Å². The number of rotatable bonds is 7. The van der Waals surface area contributed by atoms with Crippen LogP contribution in [-0.2, 0) is 21.4 Å². The van der Waals surface area contributed by atoms with E-state index in [-0.39, 0.29) is 4.87 Å². The van der Waals surface area contributed by atoms with Gasteiger partial charge in [-0.15, -0.1) is 0 Å². The first-order valence-electron chi connectivity index (χ1n) is 9.23. The molecule has 0 saturated heterocycles. The summed E-state index contributed by atoms with van der Waals surface area (Å²) in [5.41, 5.74) is 1.61. The molecule has 0 radical (unpaired) electrons. The van der Waals surface area contributed by atoms with Gasteiger partial charge in [-0.2, -0.15) is 0 Å². The largest absolute Gasteiger partial charge is 0.497 e. The normalized spacial score (nSPS) is 12.5. The third kappa shape index (κ3) is 4.34. The van der Waals surface area contributed by atoms with Crippen LogP contribution >= 0.6 is 11.3 Å². The van der Waals surface area contributed by atoms with Crippen molar-refractivity contribution in [3.05, 3.63) is 52.1 Å². The van der Waals surface area contributed by atoms with Gasteiger partial charge in [0, 0.05) is 18.3 Å². The number of nitrogens with one attached hydrogen (secondary N) is 1. The molecule has 10 heteroatoms. The molecule has 1 amide bonds. The van der Waals surface area contributed by atoms with Crippen LogP contribution in [0.4, 0.5) is 11.4 Å². The van der Waals surface area contributed by atoms with Crippen molar-refractivity contribution >= 4 is 48.9 Å². The second kappa shape index (κ2) is 8.49. The zero-order chi connectivity index (χ0) is 22.1. The molecule has 2 aromatic carbocycles. The molecule has 0 bridgehead atoms. The fraction of sp³-hybridized carbons (Fsp3) is 0.300. The summed E-state index contributed by atoms with van der Waals surface area (Å²) in [6, 6.07) is 10.7. The Labute approximate surface area is 178 Å². The Hall–Kier alpha value is -2.85. The molecule has 1 N–H and O–H groups in total. The number of benzene rings is 2. The van der Waals surface area contributed by atoms with Crippen molar-refractivity contribution in [2.45, 2.75) is 26.4 Å². The number of carbonyl (C=O) groups is 1. The van der Waals surface area contributed by atoms with Gasteiger partial charge in [0.25, 0.3) is 0 Å². The van der Waals surface area contributed by atoms with Crippen LogP contribution in [0.2, 0.25) is 0 Å². The molecule has 3 rings (SSSR count). The van der Waals surface area contributed by atoms with Crippen LogP contribution in [-0.4, -0.2) is 38.3 Å². The van der Waals surface area contributed by atoms with Crippen molar-refractivity contribution < 1.29 is 17.9 Å². The van der Waals surface area contributed by atoms with Gasteiger partial charge >= 0.3 is 4.87 Å². The van der Waals surface area contributed by atoms with Gasteiger partial charge in [-0.1, -0.05) is 17.4 Å². The number of nitrogens with zero attached hydrogens (tertiary/aromatic N) is 2. The summed E-state index contributed by atoms with van der Waals surface area (Å²) in [6.07, 6.45) is 1.05. The lowest BCUT2D eigenvalue weighted by Crippen LogP contribution is -2.45. The van der Waals surface area contributed by atoms with Gasteiger partial charge in [-0.25, -0.2) is 8.42 Å². The predicted molar refractivity (Wildman–Crippen MR) is 120 cm³/mol.